The van der Waals surface area contributed by atoms with Crippen LogP contribution in [0, 0.1) is 11.8 Å². The van der Waals surface area contributed by atoms with Crippen LogP contribution in [0.25, 0.3) is 0 Å². The number of nitrogens with zero attached hydrogens (tertiary/aromatic N) is 1. The Morgan fingerprint density at radius 3 is 2.40 bits per heavy atom. The molecule has 86 valence electrons. The van der Waals surface area contributed by atoms with Gasteiger partial charge in [0.1, 0.15) is 5.54 Å². The van der Waals surface area contributed by atoms with Gasteiger partial charge in [0, 0.05) is 19.6 Å². The maximum Gasteiger partial charge on any atom is 0.238 e. The van der Waals surface area contributed by atoms with E-state index in [4.69, 9.17) is 11.5 Å². The molecule has 2 fully saturated rings. The molecule has 1 amide bonds. The van der Waals surface area contributed by atoms with Gasteiger partial charge >= 0.3 is 0 Å². The van der Waals surface area contributed by atoms with Crippen molar-refractivity contribution in [2.45, 2.75) is 31.7 Å². The molecule has 4 N–H and O–H groups in total. The first-order valence-corrected chi connectivity index (χ1v) is 5.80. The Kier molecular flexibility index (Phi) is 2.73. The Morgan fingerprint density at radius 1 is 1.40 bits per heavy atom. The van der Waals surface area contributed by atoms with Gasteiger partial charge in [-0.25, -0.2) is 0 Å². The molecule has 0 spiro atoms. The van der Waals surface area contributed by atoms with E-state index >= 15 is 0 Å². The van der Waals surface area contributed by atoms with Crippen LogP contribution >= 0.6 is 0 Å². The van der Waals surface area contributed by atoms with Crippen molar-refractivity contribution in [1.29, 1.82) is 0 Å². The van der Waals surface area contributed by atoms with Crippen molar-refractivity contribution in [3.05, 3.63) is 0 Å². The van der Waals surface area contributed by atoms with E-state index in [0.717, 1.165) is 24.9 Å². The zero-order valence-corrected chi connectivity index (χ0v) is 9.41. The van der Waals surface area contributed by atoms with Crippen molar-refractivity contribution >= 4 is 5.91 Å². The molecule has 0 aromatic heterocycles. The molecule has 0 radical (unpaired) electrons. The van der Waals surface area contributed by atoms with Gasteiger partial charge in [-0.3, -0.25) is 4.79 Å². The standard InChI is InChI=1S/C11H21N3O/c1-11(13,10(12)15)7-14-5-8-3-2-4-9(8)6-14/h8-9H,2-7,13H2,1H3,(H2,12,15). The number of primary amides is 1. The minimum atomic E-state index is -0.876. The van der Waals surface area contributed by atoms with Crippen molar-refractivity contribution in [1.82, 2.24) is 4.90 Å². The van der Waals surface area contributed by atoms with E-state index in [1.54, 1.807) is 6.92 Å². The number of fused-ring (bicyclic) bond motifs is 1. The number of carbonyl (C=O) groups is 1. The third-order valence-corrected chi connectivity index (χ3v) is 3.92. The number of likely N-dealkylation sites (tertiary alicyclic amines) is 1. The Bertz CT molecular complexity index is 253. The first-order valence-electron chi connectivity index (χ1n) is 5.80. The average molecular weight is 211 g/mol. The Balaban J connectivity index is 1.90. The lowest BCUT2D eigenvalue weighted by Gasteiger charge is -2.27. The Labute approximate surface area is 91.0 Å². The van der Waals surface area contributed by atoms with Crippen LogP contribution < -0.4 is 11.5 Å². The fourth-order valence-electron chi connectivity index (χ4n) is 3.00. The molecule has 2 aliphatic rings. The third-order valence-electron chi connectivity index (χ3n) is 3.92. The van der Waals surface area contributed by atoms with E-state index < -0.39 is 11.4 Å². The lowest BCUT2D eigenvalue weighted by Crippen LogP contribution is -2.56. The molecule has 4 heteroatoms. The summed E-state index contributed by atoms with van der Waals surface area (Å²) in [5.41, 5.74) is 10.3. The lowest BCUT2D eigenvalue weighted by molar-refractivity contribution is -0.123. The summed E-state index contributed by atoms with van der Waals surface area (Å²) in [5, 5.41) is 0. The number of nitrogens with two attached hydrogens (primary N) is 2. The number of amides is 1. The van der Waals surface area contributed by atoms with E-state index in [0.29, 0.717) is 6.54 Å². The molecule has 0 bridgehead atoms. The molecular weight excluding hydrogens is 190 g/mol. The normalized spacial score (nSPS) is 35.1. The van der Waals surface area contributed by atoms with Crippen LogP contribution in [0.2, 0.25) is 0 Å². The van der Waals surface area contributed by atoms with Crippen LogP contribution in [0.4, 0.5) is 0 Å². The van der Waals surface area contributed by atoms with Gasteiger partial charge in [-0.1, -0.05) is 6.42 Å². The van der Waals surface area contributed by atoms with Gasteiger partial charge in [0.2, 0.25) is 5.91 Å². The Hall–Kier alpha value is -0.610. The summed E-state index contributed by atoms with van der Waals surface area (Å²) in [6.45, 7) is 4.54. The van der Waals surface area contributed by atoms with Gasteiger partial charge in [-0.2, -0.15) is 0 Å². The minimum Gasteiger partial charge on any atom is -0.368 e. The highest BCUT2D eigenvalue weighted by atomic mass is 16.1. The summed E-state index contributed by atoms with van der Waals surface area (Å²) in [5.74, 6) is 1.28. The highest BCUT2D eigenvalue weighted by Gasteiger charge is 2.39. The number of hydrogen-bond donors (Lipinski definition) is 2. The van der Waals surface area contributed by atoms with Gasteiger partial charge in [-0.15, -0.1) is 0 Å². The van der Waals surface area contributed by atoms with Crippen molar-refractivity contribution in [2.75, 3.05) is 19.6 Å². The average Bonchev–Trinajstić information content (AvgIpc) is 2.62. The van der Waals surface area contributed by atoms with Gasteiger partial charge in [0.25, 0.3) is 0 Å². The quantitative estimate of drug-likeness (QED) is 0.686. The van der Waals surface area contributed by atoms with Gasteiger partial charge < -0.3 is 16.4 Å². The van der Waals surface area contributed by atoms with Gasteiger partial charge in [0.15, 0.2) is 0 Å². The summed E-state index contributed by atoms with van der Waals surface area (Å²) in [6, 6.07) is 0. The predicted octanol–water partition coefficient (Wildman–Crippen LogP) is -0.0790. The lowest BCUT2D eigenvalue weighted by atomic mass is 10.0. The van der Waals surface area contributed by atoms with Crippen LogP contribution in [0.1, 0.15) is 26.2 Å². The van der Waals surface area contributed by atoms with Crippen molar-refractivity contribution < 1.29 is 4.79 Å². The SMILES string of the molecule is CC(N)(CN1CC2CCCC2C1)C(N)=O. The van der Waals surface area contributed by atoms with E-state index in [-0.39, 0.29) is 0 Å². The molecule has 0 aromatic rings. The molecule has 1 saturated carbocycles. The van der Waals surface area contributed by atoms with Crippen LogP contribution in [-0.4, -0.2) is 36.0 Å². The highest BCUT2D eigenvalue weighted by Crippen LogP contribution is 2.37. The van der Waals surface area contributed by atoms with E-state index in [2.05, 4.69) is 4.90 Å². The fraction of sp³-hybridized carbons (Fsp3) is 0.909. The third kappa shape index (κ3) is 2.16. The summed E-state index contributed by atoms with van der Waals surface area (Å²) < 4.78 is 0. The molecular formula is C11H21N3O. The second kappa shape index (κ2) is 3.76. The summed E-state index contributed by atoms with van der Waals surface area (Å²) in [6.07, 6.45) is 4.07. The monoisotopic (exact) mass is 211 g/mol. The van der Waals surface area contributed by atoms with Gasteiger partial charge in [0.05, 0.1) is 0 Å². The van der Waals surface area contributed by atoms with E-state index in [9.17, 15) is 4.79 Å². The molecule has 3 atom stereocenters. The van der Waals surface area contributed by atoms with Crippen molar-refractivity contribution in [3.8, 4) is 0 Å². The number of rotatable bonds is 3. The van der Waals surface area contributed by atoms with Crippen LogP contribution in [-0.2, 0) is 4.79 Å². The van der Waals surface area contributed by atoms with Crippen molar-refractivity contribution in [3.63, 3.8) is 0 Å². The fourth-order valence-corrected chi connectivity index (χ4v) is 3.00. The van der Waals surface area contributed by atoms with Crippen LogP contribution in [0.15, 0.2) is 0 Å². The minimum absolute atomic E-state index is 0.403. The zero-order chi connectivity index (χ0) is 11.1. The molecule has 4 nitrogen and oxygen atoms in total. The van der Waals surface area contributed by atoms with E-state index in [1.807, 2.05) is 0 Å². The zero-order valence-electron chi connectivity index (χ0n) is 9.41. The molecule has 0 aromatic carbocycles. The largest absolute Gasteiger partial charge is 0.368 e. The smallest absolute Gasteiger partial charge is 0.238 e. The van der Waals surface area contributed by atoms with E-state index in [1.165, 1.54) is 19.3 Å². The van der Waals surface area contributed by atoms with Crippen LogP contribution in [0.3, 0.4) is 0 Å². The highest BCUT2D eigenvalue weighted by molar-refractivity contribution is 5.84. The first-order chi connectivity index (χ1) is 6.99. The predicted molar refractivity (Wildman–Crippen MR) is 59.1 cm³/mol. The maximum absolute atomic E-state index is 11.1. The van der Waals surface area contributed by atoms with Crippen molar-refractivity contribution in [2.24, 2.45) is 23.3 Å². The molecule has 1 aliphatic carbocycles. The number of hydrogen-bond acceptors (Lipinski definition) is 3. The second-order valence-electron chi connectivity index (χ2n) is 5.43. The number of carbonyl (C=O) groups excluding carboxylic acids is 1. The molecule has 15 heavy (non-hydrogen) atoms. The summed E-state index contributed by atoms with van der Waals surface area (Å²) in [4.78, 5) is 13.4. The topological polar surface area (TPSA) is 72.3 Å². The molecule has 1 aliphatic heterocycles. The summed E-state index contributed by atoms with van der Waals surface area (Å²) >= 11 is 0. The maximum atomic E-state index is 11.1. The van der Waals surface area contributed by atoms with Crippen LogP contribution in [0.5, 0.6) is 0 Å². The summed E-state index contributed by atoms with van der Waals surface area (Å²) in [7, 11) is 0. The Morgan fingerprint density at radius 2 is 1.93 bits per heavy atom. The molecule has 1 saturated heterocycles. The van der Waals surface area contributed by atoms with Gasteiger partial charge in [-0.05, 0) is 31.6 Å². The molecule has 2 rings (SSSR count). The second-order valence-corrected chi connectivity index (χ2v) is 5.43. The molecule has 1 heterocycles. The first kappa shape index (κ1) is 10.9. The molecule has 3 unspecified atom stereocenters.